The number of primary amides is 1. The summed E-state index contributed by atoms with van der Waals surface area (Å²) in [4.78, 5) is 67.3. The molecule has 13 nitrogen and oxygen atoms in total. The minimum Gasteiger partial charge on any atom is -0.507 e. The molecule has 2 aromatic carbocycles. The van der Waals surface area contributed by atoms with E-state index in [2.05, 4.69) is 10.6 Å². The molecule has 2 rings (SSSR count). The van der Waals surface area contributed by atoms with Crippen molar-refractivity contribution in [3.8, 4) is 5.75 Å². The van der Waals surface area contributed by atoms with E-state index in [1.54, 1.807) is 90.9 Å². The highest BCUT2D eigenvalue weighted by Crippen LogP contribution is 2.32. The molecule has 4 amide bonds. The Balaban J connectivity index is 2.64. The molecule has 258 valence electrons. The SMILES string of the molecule is Cc1cccc(C(C(=O)NC(Cc2ccccc2)C(=O)OC(C)(C)C)N(CCO)C(=O)C(CCC(N)=O)NC(=O)OC(C)(C)C)c1O. The lowest BCUT2D eigenvalue weighted by atomic mass is 9.97. The summed E-state index contributed by atoms with van der Waals surface area (Å²) < 4.78 is 10.9. The van der Waals surface area contributed by atoms with Crippen LogP contribution in [0.1, 0.15) is 77.1 Å². The van der Waals surface area contributed by atoms with Crippen molar-refractivity contribution in [1.29, 1.82) is 0 Å². The summed E-state index contributed by atoms with van der Waals surface area (Å²) in [5.41, 5.74) is 4.65. The third kappa shape index (κ3) is 12.6. The first-order chi connectivity index (χ1) is 21.8. The van der Waals surface area contributed by atoms with Crippen molar-refractivity contribution in [2.75, 3.05) is 13.2 Å². The van der Waals surface area contributed by atoms with E-state index in [1.807, 2.05) is 0 Å². The van der Waals surface area contributed by atoms with E-state index in [-0.39, 0.29) is 30.6 Å². The van der Waals surface area contributed by atoms with Gasteiger partial charge in [-0.3, -0.25) is 14.4 Å². The topological polar surface area (TPSA) is 198 Å². The third-order valence-corrected chi connectivity index (χ3v) is 6.71. The molecule has 0 saturated heterocycles. The monoisotopic (exact) mass is 656 g/mol. The summed E-state index contributed by atoms with van der Waals surface area (Å²) in [6, 6.07) is 9.30. The molecule has 47 heavy (non-hydrogen) atoms. The Labute approximate surface area is 275 Å². The van der Waals surface area contributed by atoms with Gasteiger partial charge in [0.1, 0.15) is 35.1 Å². The minimum absolute atomic E-state index is 0.00197. The highest BCUT2D eigenvalue weighted by Gasteiger charge is 2.39. The molecule has 0 fully saturated rings. The number of aliphatic hydroxyl groups is 1. The molecule has 0 spiro atoms. The van der Waals surface area contributed by atoms with Crippen LogP contribution >= 0.6 is 0 Å². The zero-order chi connectivity index (χ0) is 35.5. The second-order valence-electron chi connectivity index (χ2n) is 13.2. The van der Waals surface area contributed by atoms with E-state index in [9.17, 15) is 34.2 Å². The zero-order valence-electron chi connectivity index (χ0n) is 28.2. The summed E-state index contributed by atoms with van der Waals surface area (Å²) in [5.74, 6) is -3.51. The molecule has 0 aliphatic carbocycles. The highest BCUT2D eigenvalue weighted by molar-refractivity contribution is 5.94. The number of rotatable bonds is 14. The number of nitrogens with one attached hydrogen (secondary N) is 2. The first kappa shape index (κ1) is 38.5. The molecule has 0 aliphatic heterocycles. The van der Waals surface area contributed by atoms with Gasteiger partial charge in [-0.2, -0.15) is 0 Å². The number of hydrogen-bond donors (Lipinski definition) is 5. The van der Waals surface area contributed by atoms with E-state index in [4.69, 9.17) is 15.2 Å². The fourth-order valence-electron chi connectivity index (χ4n) is 4.69. The molecule has 0 bridgehead atoms. The van der Waals surface area contributed by atoms with Gasteiger partial charge in [0, 0.05) is 24.9 Å². The zero-order valence-corrected chi connectivity index (χ0v) is 28.2. The quantitative estimate of drug-likeness (QED) is 0.190. The number of alkyl carbamates (subject to hydrolysis) is 1. The van der Waals surface area contributed by atoms with Crippen LogP contribution in [0.25, 0.3) is 0 Å². The van der Waals surface area contributed by atoms with Crippen molar-refractivity contribution in [1.82, 2.24) is 15.5 Å². The van der Waals surface area contributed by atoms with E-state index in [1.165, 1.54) is 6.07 Å². The number of benzene rings is 2. The van der Waals surface area contributed by atoms with Crippen LogP contribution in [-0.4, -0.2) is 81.3 Å². The predicted molar refractivity (Wildman–Crippen MR) is 174 cm³/mol. The number of amides is 4. The molecule has 2 aromatic rings. The minimum atomic E-state index is -1.60. The average molecular weight is 657 g/mol. The van der Waals surface area contributed by atoms with Gasteiger partial charge in [-0.05, 0) is 66.0 Å². The summed E-state index contributed by atoms with van der Waals surface area (Å²) in [6.07, 6.45) is -1.47. The fraction of sp³-hybridized carbons (Fsp3) is 0.500. The van der Waals surface area contributed by atoms with Gasteiger partial charge in [0.2, 0.25) is 17.7 Å². The van der Waals surface area contributed by atoms with Crippen LogP contribution in [0.2, 0.25) is 0 Å². The molecule has 0 aromatic heterocycles. The van der Waals surface area contributed by atoms with Crippen molar-refractivity contribution < 1.29 is 43.7 Å². The molecule has 0 aliphatic rings. The number of hydrogen-bond acceptors (Lipinski definition) is 9. The van der Waals surface area contributed by atoms with Gasteiger partial charge in [-0.15, -0.1) is 0 Å². The number of nitrogens with two attached hydrogens (primary N) is 1. The van der Waals surface area contributed by atoms with Crippen molar-refractivity contribution in [2.24, 2.45) is 5.73 Å². The van der Waals surface area contributed by atoms with Crippen LogP contribution < -0.4 is 16.4 Å². The third-order valence-electron chi connectivity index (χ3n) is 6.71. The number of carbonyl (C=O) groups excluding carboxylic acids is 5. The van der Waals surface area contributed by atoms with Gasteiger partial charge in [0.05, 0.1) is 6.61 Å². The molecule has 3 unspecified atom stereocenters. The van der Waals surface area contributed by atoms with E-state index < -0.39 is 72.3 Å². The Hall–Kier alpha value is -4.65. The van der Waals surface area contributed by atoms with Crippen molar-refractivity contribution in [3.63, 3.8) is 0 Å². The van der Waals surface area contributed by atoms with E-state index in [0.717, 1.165) is 10.5 Å². The lowest BCUT2D eigenvalue weighted by Gasteiger charge is -2.35. The molecular weight excluding hydrogens is 608 g/mol. The maximum atomic E-state index is 14.3. The van der Waals surface area contributed by atoms with Gasteiger partial charge in [0.15, 0.2) is 0 Å². The lowest BCUT2D eigenvalue weighted by molar-refractivity contribution is -0.159. The number of carbonyl (C=O) groups is 5. The Kier molecular flexibility index (Phi) is 13.8. The number of esters is 1. The molecule has 6 N–H and O–H groups in total. The van der Waals surface area contributed by atoms with Crippen molar-refractivity contribution in [3.05, 3.63) is 65.2 Å². The van der Waals surface area contributed by atoms with E-state index in [0.29, 0.717) is 5.56 Å². The fourth-order valence-corrected chi connectivity index (χ4v) is 4.69. The Bertz CT molecular complexity index is 1400. The van der Waals surface area contributed by atoms with Gasteiger partial charge < -0.3 is 41.0 Å². The van der Waals surface area contributed by atoms with Gasteiger partial charge >= 0.3 is 12.1 Å². The molecule has 0 radical (unpaired) electrons. The smallest absolute Gasteiger partial charge is 0.408 e. The van der Waals surface area contributed by atoms with Crippen molar-refractivity contribution in [2.45, 2.75) is 97.1 Å². The molecule has 13 heteroatoms. The van der Waals surface area contributed by atoms with Gasteiger partial charge in [-0.25, -0.2) is 9.59 Å². The summed E-state index contributed by atoms with van der Waals surface area (Å²) in [5, 5.41) is 26.3. The van der Waals surface area contributed by atoms with Gasteiger partial charge in [0.25, 0.3) is 0 Å². The van der Waals surface area contributed by atoms with Crippen LogP contribution in [0, 0.1) is 6.92 Å². The molecule has 0 heterocycles. The number of ether oxygens (including phenoxy) is 2. The van der Waals surface area contributed by atoms with Crippen molar-refractivity contribution >= 4 is 29.8 Å². The van der Waals surface area contributed by atoms with Crippen LogP contribution in [-0.2, 0) is 35.1 Å². The Morgan fingerprint density at radius 1 is 0.872 bits per heavy atom. The maximum absolute atomic E-state index is 14.3. The first-order valence-corrected chi connectivity index (χ1v) is 15.4. The maximum Gasteiger partial charge on any atom is 0.408 e. The number of aryl methyl sites for hydroxylation is 1. The summed E-state index contributed by atoms with van der Waals surface area (Å²) >= 11 is 0. The summed E-state index contributed by atoms with van der Waals surface area (Å²) in [6.45, 7) is 10.5. The van der Waals surface area contributed by atoms with Crippen LogP contribution in [0.4, 0.5) is 4.79 Å². The first-order valence-electron chi connectivity index (χ1n) is 15.4. The normalized spacial score (nSPS) is 13.4. The van der Waals surface area contributed by atoms with Crippen LogP contribution in [0.5, 0.6) is 5.75 Å². The standard InChI is InChI=1S/C34H48N4O9/c1-21-12-11-15-23(28(21)41)27(29(42)36-25(31(44)46-33(2,3)4)20-22-13-9-8-10-14-22)38(18-19-39)30(43)24(16-17-26(35)40)37-32(45)47-34(5,6)7/h8-15,24-25,27,39,41H,16-20H2,1-7H3,(H2,35,40)(H,36,42)(H,37,45). The number of phenols is 1. The Morgan fingerprint density at radius 3 is 2.04 bits per heavy atom. The number of para-hydroxylation sites is 1. The number of aromatic hydroxyl groups is 1. The number of aliphatic hydroxyl groups excluding tert-OH is 1. The van der Waals surface area contributed by atoms with Crippen LogP contribution in [0.3, 0.4) is 0 Å². The van der Waals surface area contributed by atoms with Gasteiger partial charge in [-0.1, -0.05) is 48.5 Å². The second-order valence-corrected chi connectivity index (χ2v) is 13.2. The number of nitrogens with zero attached hydrogens (tertiary/aromatic N) is 1. The Morgan fingerprint density at radius 2 is 1.49 bits per heavy atom. The molecule has 3 atom stereocenters. The van der Waals surface area contributed by atoms with E-state index >= 15 is 0 Å². The number of phenolic OH excluding ortho intramolecular Hbond substituents is 1. The predicted octanol–water partition coefficient (Wildman–Crippen LogP) is 2.79. The molecule has 0 saturated carbocycles. The largest absolute Gasteiger partial charge is 0.507 e. The van der Waals surface area contributed by atoms with Crippen LogP contribution in [0.15, 0.2) is 48.5 Å². The molecular formula is C34H48N4O9. The lowest BCUT2D eigenvalue weighted by Crippen LogP contribution is -2.55. The second kappa shape index (κ2) is 16.8. The summed E-state index contributed by atoms with van der Waals surface area (Å²) in [7, 11) is 0. The average Bonchev–Trinajstić information content (AvgIpc) is 2.95. The highest BCUT2D eigenvalue weighted by atomic mass is 16.6.